The van der Waals surface area contributed by atoms with E-state index < -0.39 is 6.10 Å². The van der Waals surface area contributed by atoms with Crippen LogP contribution in [0.5, 0.6) is 0 Å². The van der Waals surface area contributed by atoms with Gasteiger partial charge in [0, 0.05) is 11.4 Å². The van der Waals surface area contributed by atoms with Crippen molar-refractivity contribution in [3.05, 3.63) is 53.1 Å². The van der Waals surface area contributed by atoms with Crippen LogP contribution in [0.2, 0.25) is 5.02 Å². The summed E-state index contributed by atoms with van der Waals surface area (Å²) in [6.45, 7) is 1.95. The van der Waals surface area contributed by atoms with Crippen molar-refractivity contribution in [3.8, 4) is 0 Å². The highest BCUT2D eigenvalue weighted by molar-refractivity contribution is 6.30. The number of aliphatic hydroxyl groups excluding tert-OH is 1. The molecule has 0 aliphatic rings. The SMILES string of the molecule is CCc1ncc(NC(=O)CC(O)c2ccc(Cl)cc2)cn1. The number of halogens is 1. The van der Waals surface area contributed by atoms with Gasteiger partial charge in [-0.3, -0.25) is 4.79 Å². The van der Waals surface area contributed by atoms with Gasteiger partial charge in [-0.05, 0) is 17.7 Å². The Balaban J connectivity index is 1.92. The Bertz CT molecular complexity index is 599. The molecule has 0 saturated heterocycles. The van der Waals surface area contributed by atoms with Gasteiger partial charge in [-0.25, -0.2) is 9.97 Å². The average Bonchev–Trinajstić information content (AvgIpc) is 2.48. The maximum absolute atomic E-state index is 11.9. The molecule has 21 heavy (non-hydrogen) atoms. The van der Waals surface area contributed by atoms with E-state index in [4.69, 9.17) is 11.6 Å². The third kappa shape index (κ3) is 4.51. The zero-order valence-electron chi connectivity index (χ0n) is 11.6. The third-order valence-corrected chi connectivity index (χ3v) is 3.19. The molecule has 5 nitrogen and oxygen atoms in total. The minimum absolute atomic E-state index is 0.0445. The number of hydrogen-bond donors (Lipinski definition) is 2. The summed E-state index contributed by atoms with van der Waals surface area (Å²) in [7, 11) is 0. The van der Waals surface area contributed by atoms with Crippen molar-refractivity contribution in [2.24, 2.45) is 0 Å². The summed E-state index contributed by atoms with van der Waals surface area (Å²) in [6, 6.07) is 6.74. The van der Waals surface area contributed by atoms with Crippen molar-refractivity contribution in [2.75, 3.05) is 5.32 Å². The summed E-state index contributed by atoms with van der Waals surface area (Å²) in [4.78, 5) is 20.1. The fourth-order valence-corrected chi connectivity index (χ4v) is 1.92. The lowest BCUT2D eigenvalue weighted by Crippen LogP contribution is -2.16. The second-order valence-electron chi connectivity index (χ2n) is 4.56. The lowest BCUT2D eigenvalue weighted by Gasteiger charge is -2.11. The van der Waals surface area contributed by atoms with E-state index >= 15 is 0 Å². The number of benzene rings is 1. The third-order valence-electron chi connectivity index (χ3n) is 2.94. The van der Waals surface area contributed by atoms with E-state index in [1.54, 1.807) is 36.7 Å². The molecule has 0 radical (unpaired) electrons. The normalized spacial score (nSPS) is 12.0. The molecule has 0 aliphatic heterocycles. The molecule has 2 aromatic rings. The van der Waals surface area contributed by atoms with E-state index in [-0.39, 0.29) is 12.3 Å². The van der Waals surface area contributed by atoms with Crippen molar-refractivity contribution < 1.29 is 9.90 Å². The van der Waals surface area contributed by atoms with Gasteiger partial charge in [0.15, 0.2) is 0 Å². The van der Waals surface area contributed by atoms with Crippen molar-refractivity contribution in [1.29, 1.82) is 0 Å². The van der Waals surface area contributed by atoms with Crippen molar-refractivity contribution in [3.63, 3.8) is 0 Å². The van der Waals surface area contributed by atoms with Gasteiger partial charge >= 0.3 is 0 Å². The van der Waals surface area contributed by atoms with Gasteiger partial charge in [0.2, 0.25) is 5.91 Å². The van der Waals surface area contributed by atoms with Gasteiger partial charge in [0.1, 0.15) is 5.82 Å². The molecular weight excluding hydrogens is 290 g/mol. The Morgan fingerprint density at radius 1 is 1.29 bits per heavy atom. The van der Waals surface area contributed by atoms with E-state index in [9.17, 15) is 9.90 Å². The molecule has 1 amide bonds. The molecule has 1 aromatic heterocycles. The van der Waals surface area contributed by atoms with Crippen LogP contribution in [0.3, 0.4) is 0 Å². The van der Waals surface area contributed by atoms with Crippen LogP contribution in [0.25, 0.3) is 0 Å². The highest BCUT2D eigenvalue weighted by Gasteiger charge is 2.13. The highest BCUT2D eigenvalue weighted by Crippen LogP contribution is 2.19. The number of aromatic nitrogens is 2. The van der Waals surface area contributed by atoms with Crippen molar-refractivity contribution in [2.45, 2.75) is 25.9 Å². The Kier molecular flexibility index (Phi) is 5.25. The van der Waals surface area contributed by atoms with Gasteiger partial charge in [0.05, 0.1) is 30.6 Å². The van der Waals surface area contributed by atoms with E-state index in [1.165, 1.54) is 0 Å². The quantitative estimate of drug-likeness (QED) is 0.890. The van der Waals surface area contributed by atoms with Gasteiger partial charge in [-0.15, -0.1) is 0 Å². The summed E-state index contributed by atoms with van der Waals surface area (Å²) < 4.78 is 0. The molecule has 110 valence electrons. The second-order valence-corrected chi connectivity index (χ2v) is 5.00. The van der Waals surface area contributed by atoms with Gasteiger partial charge in [0.25, 0.3) is 0 Å². The van der Waals surface area contributed by atoms with Crippen LogP contribution in [0.15, 0.2) is 36.7 Å². The topological polar surface area (TPSA) is 75.1 Å². The first kappa shape index (κ1) is 15.4. The predicted molar refractivity (Wildman–Crippen MR) is 81.1 cm³/mol. The zero-order chi connectivity index (χ0) is 15.2. The smallest absolute Gasteiger partial charge is 0.227 e. The minimum Gasteiger partial charge on any atom is -0.388 e. The summed E-state index contributed by atoms with van der Waals surface area (Å²) >= 11 is 5.78. The first-order chi connectivity index (χ1) is 10.1. The molecule has 0 aliphatic carbocycles. The Labute approximate surface area is 128 Å². The number of aliphatic hydroxyl groups is 1. The average molecular weight is 306 g/mol. The largest absolute Gasteiger partial charge is 0.388 e. The van der Waals surface area contributed by atoms with Crippen LogP contribution < -0.4 is 5.32 Å². The number of nitrogens with one attached hydrogen (secondary N) is 1. The van der Waals surface area contributed by atoms with E-state index in [0.717, 1.165) is 6.42 Å². The van der Waals surface area contributed by atoms with Crippen LogP contribution in [0, 0.1) is 0 Å². The molecule has 6 heteroatoms. The van der Waals surface area contributed by atoms with E-state index in [0.29, 0.717) is 22.1 Å². The number of amides is 1. The Hall–Kier alpha value is -1.98. The summed E-state index contributed by atoms with van der Waals surface area (Å²) in [5.74, 6) is 0.416. The Morgan fingerprint density at radius 2 is 1.90 bits per heavy atom. The lowest BCUT2D eigenvalue weighted by molar-refractivity contribution is -0.118. The number of rotatable bonds is 5. The highest BCUT2D eigenvalue weighted by atomic mass is 35.5. The number of nitrogens with zero attached hydrogens (tertiary/aromatic N) is 2. The minimum atomic E-state index is -0.877. The molecule has 1 unspecified atom stereocenters. The summed E-state index contributed by atoms with van der Waals surface area (Å²) in [6.07, 6.45) is 2.93. The molecule has 1 aromatic carbocycles. The van der Waals surface area contributed by atoms with Crippen LogP contribution >= 0.6 is 11.6 Å². The first-order valence-corrected chi connectivity index (χ1v) is 7.00. The Morgan fingerprint density at radius 3 is 2.48 bits per heavy atom. The van der Waals surface area contributed by atoms with E-state index in [2.05, 4.69) is 15.3 Å². The number of carbonyl (C=O) groups excluding carboxylic acids is 1. The molecular formula is C15H16ClN3O2. The number of anilines is 1. The fourth-order valence-electron chi connectivity index (χ4n) is 1.79. The fraction of sp³-hybridized carbons (Fsp3) is 0.267. The molecule has 0 saturated carbocycles. The monoisotopic (exact) mass is 305 g/mol. The van der Waals surface area contributed by atoms with Gasteiger partial charge in [-0.2, -0.15) is 0 Å². The standard InChI is InChI=1S/C15H16ClN3O2/c1-2-14-17-8-12(9-18-14)19-15(21)7-13(20)10-3-5-11(16)6-4-10/h3-6,8-9,13,20H,2,7H2,1H3,(H,19,21). The maximum atomic E-state index is 11.9. The van der Waals surface area contributed by atoms with Crippen molar-refractivity contribution >= 4 is 23.2 Å². The summed E-state index contributed by atoms with van der Waals surface area (Å²) in [5, 5.41) is 13.2. The van der Waals surface area contributed by atoms with Crippen LogP contribution in [-0.2, 0) is 11.2 Å². The van der Waals surface area contributed by atoms with Gasteiger partial charge in [-0.1, -0.05) is 30.7 Å². The molecule has 0 spiro atoms. The second kappa shape index (κ2) is 7.15. The lowest BCUT2D eigenvalue weighted by atomic mass is 10.1. The molecule has 0 bridgehead atoms. The van der Waals surface area contributed by atoms with Crippen molar-refractivity contribution in [1.82, 2.24) is 9.97 Å². The van der Waals surface area contributed by atoms with Gasteiger partial charge < -0.3 is 10.4 Å². The maximum Gasteiger partial charge on any atom is 0.227 e. The van der Waals surface area contributed by atoms with E-state index in [1.807, 2.05) is 6.92 Å². The zero-order valence-corrected chi connectivity index (χ0v) is 12.3. The molecule has 2 N–H and O–H groups in total. The molecule has 1 heterocycles. The summed E-state index contributed by atoms with van der Waals surface area (Å²) in [5.41, 5.74) is 1.16. The van der Waals surface area contributed by atoms with Crippen LogP contribution in [0.1, 0.15) is 30.8 Å². The molecule has 2 rings (SSSR count). The number of aryl methyl sites for hydroxylation is 1. The number of hydrogen-bond acceptors (Lipinski definition) is 4. The molecule has 0 fully saturated rings. The predicted octanol–water partition coefficient (Wildman–Crippen LogP) is 2.75. The van der Waals surface area contributed by atoms with Crippen LogP contribution in [-0.4, -0.2) is 21.0 Å². The van der Waals surface area contributed by atoms with Crippen LogP contribution in [0.4, 0.5) is 5.69 Å². The molecule has 1 atom stereocenters. The first-order valence-electron chi connectivity index (χ1n) is 6.62. The number of carbonyl (C=O) groups is 1.